The molecule has 1 aliphatic rings. The number of rotatable bonds is 7. The third kappa shape index (κ3) is 4.51. The summed E-state index contributed by atoms with van der Waals surface area (Å²) < 4.78 is 50.2. The molecule has 7 heteroatoms. The van der Waals surface area contributed by atoms with Gasteiger partial charge in [-0.2, -0.15) is 13.2 Å². The summed E-state index contributed by atoms with van der Waals surface area (Å²) in [5.74, 6) is -0.891. The van der Waals surface area contributed by atoms with E-state index in [1.165, 1.54) is 6.08 Å². The summed E-state index contributed by atoms with van der Waals surface area (Å²) >= 11 is 0. The minimum absolute atomic E-state index is 0.00442. The van der Waals surface area contributed by atoms with Gasteiger partial charge in [0.15, 0.2) is 0 Å². The maximum atomic E-state index is 13.4. The summed E-state index contributed by atoms with van der Waals surface area (Å²) in [6.07, 6.45) is -3.97. The summed E-state index contributed by atoms with van der Waals surface area (Å²) in [7, 11) is 0. The molecule has 0 aliphatic carbocycles. The van der Waals surface area contributed by atoms with Gasteiger partial charge in [-0.3, -0.25) is 0 Å². The van der Waals surface area contributed by atoms with Gasteiger partial charge in [0, 0.05) is 30.4 Å². The fraction of sp³-hybridized carbons (Fsp3) is 0.526. The quantitative estimate of drug-likeness (QED) is 0.658. The van der Waals surface area contributed by atoms with Crippen LogP contribution in [0.5, 0.6) is 5.75 Å². The SMILES string of the molecule is CCCN(CCC)c1ccc2c(c1)OC(C(F)(F)F)C(C(=O)OCC)=C2. The summed E-state index contributed by atoms with van der Waals surface area (Å²) in [4.78, 5) is 14.0. The van der Waals surface area contributed by atoms with Gasteiger partial charge in [0.2, 0.25) is 6.10 Å². The Morgan fingerprint density at radius 3 is 2.38 bits per heavy atom. The molecule has 0 radical (unpaired) electrons. The number of benzene rings is 1. The van der Waals surface area contributed by atoms with E-state index in [-0.39, 0.29) is 12.4 Å². The van der Waals surface area contributed by atoms with Crippen molar-refractivity contribution < 1.29 is 27.4 Å². The van der Waals surface area contributed by atoms with Crippen molar-refractivity contribution in [2.75, 3.05) is 24.6 Å². The van der Waals surface area contributed by atoms with Gasteiger partial charge in [0.05, 0.1) is 12.2 Å². The van der Waals surface area contributed by atoms with E-state index in [1.807, 2.05) is 19.9 Å². The average Bonchev–Trinajstić information content (AvgIpc) is 2.59. The smallest absolute Gasteiger partial charge is 0.430 e. The Bertz CT molecular complexity index is 664. The summed E-state index contributed by atoms with van der Waals surface area (Å²) in [6.45, 7) is 7.24. The lowest BCUT2D eigenvalue weighted by Gasteiger charge is -2.30. The van der Waals surface area contributed by atoms with Crippen LogP contribution in [0, 0.1) is 0 Å². The first-order valence-corrected chi connectivity index (χ1v) is 8.82. The van der Waals surface area contributed by atoms with E-state index in [4.69, 9.17) is 9.47 Å². The van der Waals surface area contributed by atoms with Crippen LogP contribution in [-0.2, 0) is 9.53 Å². The number of fused-ring (bicyclic) bond motifs is 1. The first-order chi connectivity index (χ1) is 12.3. The number of esters is 1. The number of carbonyl (C=O) groups is 1. The van der Waals surface area contributed by atoms with E-state index < -0.39 is 23.8 Å². The highest BCUT2D eigenvalue weighted by Crippen LogP contribution is 2.39. The monoisotopic (exact) mass is 371 g/mol. The second kappa shape index (κ2) is 8.47. The Labute approximate surface area is 151 Å². The number of carbonyl (C=O) groups excluding carboxylic acids is 1. The molecule has 0 saturated carbocycles. The molecule has 0 N–H and O–H groups in total. The summed E-state index contributed by atoms with van der Waals surface area (Å²) in [6, 6.07) is 5.12. The van der Waals surface area contributed by atoms with Crippen molar-refractivity contribution in [2.24, 2.45) is 0 Å². The van der Waals surface area contributed by atoms with Gasteiger partial charge in [0.25, 0.3) is 0 Å². The van der Waals surface area contributed by atoms with E-state index >= 15 is 0 Å². The van der Waals surface area contributed by atoms with Crippen molar-refractivity contribution in [1.29, 1.82) is 0 Å². The van der Waals surface area contributed by atoms with Crippen molar-refractivity contribution in [3.05, 3.63) is 29.3 Å². The summed E-state index contributed by atoms with van der Waals surface area (Å²) in [5, 5.41) is 0. The topological polar surface area (TPSA) is 38.8 Å². The average molecular weight is 371 g/mol. The molecule has 1 aromatic rings. The fourth-order valence-electron chi connectivity index (χ4n) is 2.91. The Morgan fingerprint density at radius 1 is 1.19 bits per heavy atom. The number of hydrogen-bond donors (Lipinski definition) is 0. The predicted molar refractivity (Wildman–Crippen MR) is 94.3 cm³/mol. The van der Waals surface area contributed by atoms with Crippen LogP contribution in [0.25, 0.3) is 6.08 Å². The van der Waals surface area contributed by atoms with Crippen molar-refractivity contribution in [2.45, 2.75) is 45.9 Å². The second-order valence-electron chi connectivity index (χ2n) is 6.07. The standard InChI is InChI=1S/C19H24F3NO3/c1-4-9-23(10-5-2)14-8-7-13-11-15(18(24)25-6-3)17(19(20,21)22)26-16(13)12-14/h7-8,11-12,17H,4-6,9-10H2,1-3H3. The molecule has 1 atom stereocenters. The lowest BCUT2D eigenvalue weighted by Crippen LogP contribution is -2.40. The molecule has 0 saturated heterocycles. The van der Waals surface area contributed by atoms with Crippen molar-refractivity contribution in [3.8, 4) is 5.75 Å². The third-order valence-electron chi connectivity index (χ3n) is 4.00. The Morgan fingerprint density at radius 2 is 1.85 bits per heavy atom. The molecule has 1 aromatic carbocycles. The van der Waals surface area contributed by atoms with Crippen LogP contribution < -0.4 is 9.64 Å². The molecule has 0 bridgehead atoms. The molecule has 2 rings (SSSR count). The van der Waals surface area contributed by atoms with Crippen molar-refractivity contribution in [1.82, 2.24) is 0 Å². The number of hydrogen-bond acceptors (Lipinski definition) is 4. The van der Waals surface area contributed by atoms with Gasteiger partial charge < -0.3 is 14.4 Å². The molecular weight excluding hydrogens is 347 g/mol. The Balaban J connectivity index is 2.42. The van der Waals surface area contributed by atoms with Gasteiger partial charge in [-0.1, -0.05) is 13.8 Å². The van der Waals surface area contributed by atoms with Crippen LogP contribution in [0.1, 0.15) is 39.2 Å². The first-order valence-electron chi connectivity index (χ1n) is 8.82. The Hall–Kier alpha value is -2.18. The largest absolute Gasteiger partial charge is 0.475 e. The molecular formula is C19H24F3NO3. The lowest BCUT2D eigenvalue weighted by atomic mass is 10.0. The van der Waals surface area contributed by atoms with E-state index in [2.05, 4.69) is 4.90 Å². The highest BCUT2D eigenvalue weighted by atomic mass is 19.4. The number of halogens is 3. The van der Waals surface area contributed by atoms with E-state index in [1.54, 1.807) is 19.1 Å². The molecule has 1 aliphatic heterocycles. The maximum Gasteiger partial charge on any atom is 0.430 e. The number of nitrogens with zero attached hydrogens (tertiary/aromatic N) is 1. The molecule has 1 unspecified atom stereocenters. The second-order valence-corrected chi connectivity index (χ2v) is 6.07. The van der Waals surface area contributed by atoms with Crippen LogP contribution in [0.2, 0.25) is 0 Å². The number of alkyl halides is 3. The molecule has 0 fully saturated rings. The van der Waals surface area contributed by atoms with Gasteiger partial charge in [-0.05, 0) is 38.0 Å². The molecule has 0 spiro atoms. The van der Waals surface area contributed by atoms with Crippen LogP contribution in [0.15, 0.2) is 23.8 Å². The molecule has 0 amide bonds. The van der Waals surface area contributed by atoms with Crippen LogP contribution >= 0.6 is 0 Å². The van der Waals surface area contributed by atoms with E-state index in [9.17, 15) is 18.0 Å². The zero-order valence-corrected chi connectivity index (χ0v) is 15.2. The minimum atomic E-state index is -4.71. The molecule has 4 nitrogen and oxygen atoms in total. The minimum Gasteiger partial charge on any atom is -0.475 e. The molecule has 1 heterocycles. The van der Waals surface area contributed by atoms with Crippen molar-refractivity contribution >= 4 is 17.7 Å². The van der Waals surface area contributed by atoms with Crippen LogP contribution in [-0.4, -0.2) is 37.9 Å². The van der Waals surface area contributed by atoms with Gasteiger partial charge in [-0.15, -0.1) is 0 Å². The van der Waals surface area contributed by atoms with Gasteiger partial charge in [-0.25, -0.2) is 4.79 Å². The van der Waals surface area contributed by atoms with Crippen LogP contribution in [0.3, 0.4) is 0 Å². The molecule has 0 aromatic heterocycles. The Kier molecular flexibility index (Phi) is 6.56. The fourth-order valence-corrected chi connectivity index (χ4v) is 2.91. The highest BCUT2D eigenvalue weighted by Gasteiger charge is 2.48. The maximum absolute atomic E-state index is 13.4. The number of ether oxygens (including phenoxy) is 2. The lowest BCUT2D eigenvalue weighted by molar-refractivity contribution is -0.187. The molecule has 26 heavy (non-hydrogen) atoms. The zero-order valence-electron chi connectivity index (χ0n) is 15.2. The zero-order chi connectivity index (χ0) is 19.3. The normalized spacial score (nSPS) is 16.4. The summed E-state index contributed by atoms with van der Waals surface area (Å²) in [5.41, 5.74) is 0.713. The highest BCUT2D eigenvalue weighted by molar-refractivity contribution is 5.96. The van der Waals surface area contributed by atoms with Gasteiger partial charge >= 0.3 is 12.1 Å². The third-order valence-corrected chi connectivity index (χ3v) is 4.00. The van der Waals surface area contributed by atoms with Crippen molar-refractivity contribution in [3.63, 3.8) is 0 Å². The van der Waals surface area contributed by atoms with E-state index in [0.29, 0.717) is 5.56 Å². The van der Waals surface area contributed by atoms with Gasteiger partial charge in [0.1, 0.15) is 5.75 Å². The predicted octanol–water partition coefficient (Wildman–Crippen LogP) is 4.58. The number of anilines is 1. The molecule has 144 valence electrons. The van der Waals surface area contributed by atoms with Crippen LogP contribution in [0.4, 0.5) is 18.9 Å². The first kappa shape index (κ1) is 20.1. The van der Waals surface area contributed by atoms with E-state index in [0.717, 1.165) is 31.6 Å².